The van der Waals surface area contributed by atoms with Crippen molar-refractivity contribution in [3.63, 3.8) is 0 Å². The Hall–Kier alpha value is -1.81. The quantitative estimate of drug-likeness (QED) is 0.468. The van der Waals surface area contributed by atoms with Gasteiger partial charge >= 0.3 is 0 Å². The molecule has 18 heavy (non-hydrogen) atoms. The molecule has 0 unspecified atom stereocenters. The van der Waals surface area contributed by atoms with E-state index in [1.165, 1.54) is 11.8 Å². The summed E-state index contributed by atoms with van der Waals surface area (Å²) in [5.74, 6) is 1.22. The molecule has 6 nitrogen and oxygen atoms in total. The smallest absolute Gasteiger partial charge is 0.208 e. The number of allylic oxidation sites excluding steroid dienone is 2. The highest BCUT2D eigenvalue weighted by molar-refractivity contribution is 7.99. The molecule has 1 aliphatic carbocycles. The minimum atomic E-state index is -0.291. The second kappa shape index (κ2) is 5.23. The zero-order valence-electron chi connectivity index (χ0n) is 9.93. The van der Waals surface area contributed by atoms with E-state index in [0.717, 1.165) is 18.7 Å². The number of nitriles is 1. The Labute approximate surface area is 109 Å². The number of H-pyrrole nitrogens is 1. The van der Waals surface area contributed by atoms with Gasteiger partial charge in [-0.2, -0.15) is 5.26 Å². The van der Waals surface area contributed by atoms with Gasteiger partial charge in [-0.05, 0) is 19.8 Å². The van der Waals surface area contributed by atoms with Gasteiger partial charge in [0.25, 0.3) is 0 Å². The minimum absolute atomic E-state index is 0.0143. The maximum Gasteiger partial charge on any atom is 0.208 e. The Morgan fingerprint density at radius 1 is 1.67 bits per heavy atom. The molecule has 1 saturated carbocycles. The lowest BCUT2D eigenvalue weighted by Gasteiger charge is -1.98. The van der Waals surface area contributed by atoms with Crippen molar-refractivity contribution >= 4 is 17.5 Å². The van der Waals surface area contributed by atoms with E-state index in [2.05, 4.69) is 15.2 Å². The van der Waals surface area contributed by atoms with Crippen LogP contribution in [-0.2, 0) is 4.79 Å². The van der Waals surface area contributed by atoms with E-state index in [9.17, 15) is 4.79 Å². The first-order chi connectivity index (χ1) is 8.61. The van der Waals surface area contributed by atoms with Gasteiger partial charge < -0.3 is 5.73 Å². The van der Waals surface area contributed by atoms with Crippen LogP contribution < -0.4 is 5.73 Å². The molecule has 1 aromatic heterocycles. The largest absolute Gasteiger partial charge is 0.401 e. The predicted octanol–water partition coefficient (Wildman–Crippen LogP) is 1.10. The number of aromatic amines is 1. The van der Waals surface area contributed by atoms with Crippen LogP contribution in [0.4, 0.5) is 0 Å². The van der Waals surface area contributed by atoms with Crippen molar-refractivity contribution in [1.29, 1.82) is 5.26 Å². The maximum atomic E-state index is 11.7. The number of nitrogens with one attached hydrogen (secondary N) is 1. The third-order valence-corrected chi connectivity index (χ3v) is 3.41. The molecule has 7 heteroatoms. The summed E-state index contributed by atoms with van der Waals surface area (Å²) in [4.78, 5) is 16.0. The van der Waals surface area contributed by atoms with E-state index < -0.39 is 0 Å². The number of hydrogen-bond donors (Lipinski definition) is 2. The molecule has 0 saturated heterocycles. The molecule has 1 fully saturated rings. The van der Waals surface area contributed by atoms with Gasteiger partial charge in [0.1, 0.15) is 17.5 Å². The number of carbonyl (C=O) groups is 1. The highest BCUT2D eigenvalue weighted by atomic mass is 32.2. The summed E-state index contributed by atoms with van der Waals surface area (Å²) in [6.07, 6.45) is 2.29. The number of rotatable bonds is 5. The number of ketones is 1. The van der Waals surface area contributed by atoms with Crippen molar-refractivity contribution in [2.24, 2.45) is 5.73 Å². The van der Waals surface area contributed by atoms with Gasteiger partial charge in [-0.1, -0.05) is 11.8 Å². The van der Waals surface area contributed by atoms with Crippen molar-refractivity contribution in [2.75, 3.05) is 5.75 Å². The third kappa shape index (κ3) is 2.90. The summed E-state index contributed by atoms with van der Waals surface area (Å²) in [6.45, 7) is 1.54. The van der Waals surface area contributed by atoms with E-state index in [1.54, 1.807) is 6.92 Å². The summed E-state index contributed by atoms with van der Waals surface area (Å²) >= 11 is 1.21. The van der Waals surface area contributed by atoms with Crippen molar-refractivity contribution in [3.8, 4) is 6.07 Å². The van der Waals surface area contributed by atoms with Gasteiger partial charge in [-0.25, -0.2) is 4.98 Å². The van der Waals surface area contributed by atoms with Crippen LogP contribution >= 0.6 is 11.8 Å². The average Bonchev–Trinajstić information content (AvgIpc) is 3.07. The van der Waals surface area contributed by atoms with Crippen LogP contribution in [0.25, 0.3) is 0 Å². The Balaban J connectivity index is 1.92. The standard InChI is InChI=1S/C11H13N5OS/c1-6(13)8(4-12)9(17)5-18-11-14-10(15-16-11)7-2-3-7/h7H,2-3,5,13H2,1H3,(H,14,15,16)/b8-6+. The first-order valence-electron chi connectivity index (χ1n) is 5.56. The fraction of sp³-hybridized carbons (Fsp3) is 0.455. The lowest BCUT2D eigenvalue weighted by Crippen LogP contribution is -2.10. The Morgan fingerprint density at radius 3 is 2.94 bits per heavy atom. The highest BCUT2D eigenvalue weighted by Crippen LogP contribution is 2.38. The van der Waals surface area contributed by atoms with Crippen LogP contribution in [0.3, 0.4) is 0 Å². The van der Waals surface area contributed by atoms with Crippen molar-refractivity contribution in [3.05, 3.63) is 17.1 Å². The summed E-state index contributed by atoms with van der Waals surface area (Å²) in [5.41, 5.74) is 5.72. The fourth-order valence-corrected chi connectivity index (χ4v) is 2.11. The molecule has 0 bridgehead atoms. The molecule has 3 N–H and O–H groups in total. The van der Waals surface area contributed by atoms with Crippen molar-refractivity contribution < 1.29 is 4.79 Å². The van der Waals surface area contributed by atoms with E-state index in [1.807, 2.05) is 6.07 Å². The molecule has 0 spiro atoms. The van der Waals surface area contributed by atoms with Gasteiger partial charge in [-0.3, -0.25) is 9.89 Å². The fourth-order valence-electron chi connectivity index (χ4n) is 1.43. The summed E-state index contributed by atoms with van der Waals surface area (Å²) in [7, 11) is 0. The van der Waals surface area contributed by atoms with Gasteiger partial charge in [0.15, 0.2) is 5.78 Å². The van der Waals surface area contributed by atoms with Gasteiger partial charge in [0.2, 0.25) is 5.16 Å². The molecule has 0 radical (unpaired) electrons. The molecule has 0 atom stereocenters. The van der Waals surface area contributed by atoms with Crippen LogP contribution in [0.2, 0.25) is 0 Å². The van der Waals surface area contributed by atoms with E-state index >= 15 is 0 Å². The van der Waals surface area contributed by atoms with E-state index in [0.29, 0.717) is 11.1 Å². The molecule has 2 rings (SSSR count). The summed E-state index contributed by atoms with van der Waals surface area (Å²) in [6, 6.07) is 1.81. The van der Waals surface area contributed by atoms with Crippen LogP contribution in [0.1, 0.15) is 31.5 Å². The second-order valence-electron chi connectivity index (χ2n) is 4.16. The summed E-state index contributed by atoms with van der Waals surface area (Å²) in [5, 5.41) is 16.2. The first kappa shape index (κ1) is 12.6. The van der Waals surface area contributed by atoms with Crippen molar-refractivity contribution in [2.45, 2.75) is 30.8 Å². The van der Waals surface area contributed by atoms with Crippen molar-refractivity contribution in [1.82, 2.24) is 15.2 Å². The minimum Gasteiger partial charge on any atom is -0.401 e. The maximum absolute atomic E-state index is 11.7. The number of aromatic nitrogens is 3. The molecule has 94 valence electrons. The third-order valence-electron chi connectivity index (χ3n) is 2.56. The monoisotopic (exact) mass is 263 g/mol. The Kier molecular flexibility index (Phi) is 3.67. The molecule has 1 aliphatic rings. The second-order valence-corrected chi connectivity index (χ2v) is 5.10. The van der Waals surface area contributed by atoms with Crippen LogP contribution in [0.5, 0.6) is 0 Å². The molecule has 1 heterocycles. The number of thioether (sulfide) groups is 1. The number of nitrogens with two attached hydrogens (primary N) is 1. The van der Waals surface area contributed by atoms with E-state index in [-0.39, 0.29) is 22.8 Å². The zero-order chi connectivity index (χ0) is 13.1. The molecule has 0 aliphatic heterocycles. The lowest BCUT2D eigenvalue weighted by atomic mass is 10.2. The number of nitrogens with zero attached hydrogens (tertiary/aromatic N) is 3. The van der Waals surface area contributed by atoms with Gasteiger partial charge in [0, 0.05) is 11.6 Å². The first-order valence-corrected chi connectivity index (χ1v) is 6.55. The topological polar surface area (TPSA) is 108 Å². The normalized spacial score (nSPS) is 16.0. The molecular formula is C11H13N5OS. The number of hydrogen-bond acceptors (Lipinski definition) is 6. The molecular weight excluding hydrogens is 250 g/mol. The molecule has 0 aromatic carbocycles. The number of Topliss-reactive ketones (excluding diaryl/α,β-unsaturated/α-hetero) is 1. The van der Waals surface area contributed by atoms with Crippen LogP contribution in [-0.4, -0.2) is 26.7 Å². The van der Waals surface area contributed by atoms with Crippen LogP contribution in [0, 0.1) is 11.3 Å². The van der Waals surface area contributed by atoms with E-state index in [4.69, 9.17) is 11.0 Å². The highest BCUT2D eigenvalue weighted by Gasteiger charge is 2.27. The Morgan fingerprint density at radius 2 is 2.39 bits per heavy atom. The van der Waals surface area contributed by atoms with Crippen LogP contribution in [0.15, 0.2) is 16.4 Å². The molecule has 0 amide bonds. The number of carbonyl (C=O) groups excluding carboxylic acids is 1. The van der Waals surface area contributed by atoms with Gasteiger partial charge in [0.05, 0.1) is 5.75 Å². The van der Waals surface area contributed by atoms with Gasteiger partial charge in [-0.15, -0.1) is 5.10 Å². The Bertz CT molecular complexity index is 534. The zero-order valence-corrected chi connectivity index (χ0v) is 10.8. The SMILES string of the molecule is C/C(N)=C(/C#N)C(=O)CSc1n[nH]c(C2CC2)n1. The predicted molar refractivity (Wildman–Crippen MR) is 66.6 cm³/mol. The lowest BCUT2D eigenvalue weighted by molar-refractivity contribution is -0.112. The molecule has 1 aromatic rings. The average molecular weight is 263 g/mol. The summed E-state index contributed by atoms with van der Waals surface area (Å²) < 4.78 is 0.